The summed E-state index contributed by atoms with van der Waals surface area (Å²) in [5.74, 6) is 8.14. The van der Waals surface area contributed by atoms with Crippen LogP contribution in [0.5, 0.6) is 46.0 Å². The van der Waals surface area contributed by atoms with Crippen molar-refractivity contribution in [3.05, 3.63) is 465 Å². The fourth-order valence-corrected chi connectivity index (χ4v) is 19.2. The van der Waals surface area contributed by atoms with E-state index in [4.69, 9.17) is 37.9 Å². The van der Waals surface area contributed by atoms with Gasteiger partial charge in [0.15, 0.2) is 53.8 Å². The van der Waals surface area contributed by atoms with Crippen LogP contribution in [-0.2, 0) is 64.2 Å². The molecule has 0 unspecified atom stereocenters. The molecule has 0 aliphatic carbocycles. The largest absolute Gasteiger partial charge is 0.473 e. The van der Waals surface area contributed by atoms with E-state index in [9.17, 15) is 0 Å². The molecule has 680 valence electrons. The molecular formula is C120H112N8O8. The predicted octanol–water partition coefficient (Wildman–Crippen LogP) is 26.0. The van der Waals surface area contributed by atoms with Crippen LogP contribution in [-0.4, -0.2) is 53.8 Å². The molecule has 0 saturated carbocycles. The van der Waals surface area contributed by atoms with Crippen LogP contribution >= 0.6 is 0 Å². The number of nitrogens with zero attached hydrogens (tertiary/aromatic N) is 8. The van der Waals surface area contributed by atoms with Gasteiger partial charge in [-0.05, 0) is 247 Å². The van der Waals surface area contributed by atoms with E-state index in [2.05, 4.69) is 401 Å². The molecule has 0 bridgehead atoms. The highest BCUT2D eigenvalue weighted by atomic mass is 16.5. The smallest absolute Gasteiger partial charge is 0.161 e. The first-order valence-electron chi connectivity index (χ1n) is 47.2. The summed E-state index contributed by atoms with van der Waals surface area (Å²) < 4.78 is 48.3. The van der Waals surface area contributed by atoms with Crippen LogP contribution in [0.1, 0.15) is 116 Å². The van der Waals surface area contributed by atoms with Gasteiger partial charge in [0.2, 0.25) is 0 Å². The summed E-state index contributed by atoms with van der Waals surface area (Å²) in [6.45, 7) is 22.5. The van der Waals surface area contributed by atoms with Crippen LogP contribution in [0.4, 0.5) is 45.5 Å². The number of fused-ring (bicyclic) bond motifs is 8. The van der Waals surface area contributed by atoms with Gasteiger partial charge in [0.25, 0.3) is 0 Å². The molecule has 8 heterocycles. The predicted molar refractivity (Wildman–Crippen MR) is 547 cm³/mol. The Bertz CT molecular complexity index is 6450. The summed E-state index contributed by atoms with van der Waals surface area (Å²) in [6.07, 6.45) is 0.916. The summed E-state index contributed by atoms with van der Waals surface area (Å²) in [6, 6.07) is 133. The molecule has 0 fully saturated rings. The average molecular weight is 1790 g/mol. The number of aryl methyl sites for hydroxylation is 2. The topological polar surface area (TPSA) is 99.8 Å². The molecule has 8 aliphatic heterocycles. The van der Waals surface area contributed by atoms with Gasteiger partial charge in [0.05, 0.1) is 0 Å². The minimum atomic E-state index is -0.164. The van der Waals surface area contributed by atoms with E-state index in [1.165, 1.54) is 146 Å². The van der Waals surface area contributed by atoms with Crippen LogP contribution in [0.3, 0.4) is 0 Å². The summed E-state index contributed by atoms with van der Waals surface area (Å²) in [4.78, 5) is 18.1. The number of para-hydroxylation sites is 6. The fraction of sp³-hybridized carbons (Fsp3) is 0.200. The number of hydrogen-bond acceptors (Lipinski definition) is 16. The highest BCUT2D eigenvalue weighted by Crippen LogP contribution is 2.44. The van der Waals surface area contributed by atoms with E-state index in [-0.39, 0.29) is 11.3 Å². The van der Waals surface area contributed by atoms with Crippen LogP contribution < -0.4 is 77.1 Å². The van der Waals surface area contributed by atoms with E-state index in [0.717, 1.165) is 105 Å². The second kappa shape index (κ2) is 39.2. The summed E-state index contributed by atoms with van der Waals surface area (Å²) >= 11 is 0. The monoisotopic (exact) mass is 1790 g/mol. The van der Waals surface area contributed by atoms with Crippen molar-refractivity contribution in [2.75, 3.05) is 93.0 Å². The highest BCUT2D eigenvalue weighted by molar-refractivity contribution is 5.70. The standard InChI is InChI=1S/C33H34N2O2.C30H28N2O2.C29H26N2O2.C28H24N2O2/c1-23-5-11-29(12-6-23)34-19-25-17-27(9-15-31(25)36-21-34)33(3,4)28-10-16-32-26(18-28)20-35(22-37-32)30-13-7-24(2)8-14-30;1-22(23-12-14-29-25(16-23)18-31(20-33-29)27-8-4-2-5-9-27)24-13-15-30-26(17-24)19-32(21-34-30)28-10-6-3-7-11-28;1-3-7-28-24(5-1)18-30(20-32-28)26-13-9-22(10-14-26)17-23-11-15-27(16-12-23)31-19-25-6-2-4-8-29(25)33-21-31;1-3-7-25(8-4-1)29-17-23-15-21(11-13-27(23)31-19-29)22-12-14-28-24(16-22)18-30(20-32-28)26-9-5-2-6-10-26/h5-18H,19-22H2,1-4H3;2-17,22H,18-21H2,1H3;1-16H,17-21H2;1-16H,17-20H2. The minimum absolute atomic E-state index is 0.164. The van der Waals surface area contributed by atoms with Gasteiger partial charge in [-0.1, -0.05) is 226 Å². The fourth-order valence-electron chi connectivity index (χ4n) is 19.2. The van der Waals surface area contributed by atoms with Gasteiger partial charge in [0, 0.05) is 154 Å². The minimum Gasteiger partial charge on any atom is -0.473 e. The Morgan fingerprint density at radius 2 is 0.449 bits per heavy atom. The molecule has 0 amide bonds. The molecule has 0 atom stereocenters. The van der Waals surface area contributed by atoms with E-state index in [1.54, 1.807) is 0 Å². The Morgan fingerprint density at radius 1 is 0.221 bits per heavy atom. The van der Waals surface area contributed by atoms with Crippen LogP contribution in [0.15, 0.2) is 376 Å². The molecule has 0 saturated heterocycles. The maximum absolute atomic E-state index is 6.13. The molecule has 0 aromatic heterocycles. The second-order valence-corrected chi connectivity index (χ2v) is 36.9. The number of ether oxygens (including phenoxy) is 8. The third kappa shape index (κ3) is 19.6. The van der Waals surface area contributed by atoms with E-state index in [1.807, 2.05) is 48.5 Å². The first kappa shape index (κ1) is 87.0. The number of hydrogen-bond donors (Lipinski definition) is 0. The van der Waals surface area contributed by atoms with Crippen molar-refractivity contribution in [2.24, 2.45) is 0 Å². The van der Waals surface area contributed by atoms with Crippen molar-refractivity contribution >= 4 is 45.5 Å². The van der Waals surface area contributed by atoms with Crippen molar-refractivity contribution < 1.29 is 37.9 Å². The van der Waals surface area contributed by atoms with Gasteiger partial charge in [-0.25, -0.2) is 0 Å². The van der Waals surface area contributed by atoms with Crippen molar-refractivity contribution in [2.45, 2.75) is 105 Å². The maximum atomic E-state index is 6.13. The maximum Gasteiger partial charge on any atom is 0.161 e. The van der Waals surface area contributed by atoms with Crippen LogP contribution in [0, 0.1) is 13.8 Å². The summed E-state index contributed by atoms with van der Waals surface area (Å²) in [5.41, 5.74) is 31.8. The Balaban J connectivity index is 0.000000109. The Kier molecular flexibility index (Phi) is 25.1. The lowest BCUT2D eigenvalue weighted by molar-refractivity contribution is 0.288. The molecule has 0 N–H and O–H groups in total. The van der Waals surface area contributed by atoms with E-state index >= 15 is 0 Å². The first-order valence-corrected chi connectivity index (χ1v) is 47.2. The molecule has 136 heavy (non-hydrogen) atoms. The molecular weight excluding hydrogens is 1680 g/mol. The van der Waals surface area contributed by atoms with Crippen molar-refractivity contribution in [1.82, 2.24) is 0 Å². The van der Waals surface area contributed by atoms with Crippen molar-refractivity contribution in [3.63, 3.8) is 0 Å². The zero-order valence-electron chi connectivity index (χ0n) is 77.7. The third-order valence-corrected chi connectivity index (χ3v) is 27.3. The average Bonchev–Trinajstić information content (AvgIpc) is 0.769. The van der Waals surface area contributed by atoms with Gasteiger partial charge in [0.1, 0.15) is 46.0 Å². The van der Waals surface area contributed by atoms with Gasteiger partial charge in [-0.2, -0.15) is 0 Å². The second-order valence-electron chi connectivity index (χ2n) is 36.9. The lowest BCUT2D eigenvalue weighted by Gasteiger charge is -2.34. The Labute approximate surface area is 798 Å². The normalized spacial score (nSPS) is 14.8. The Morgan fingerprint density at radius 3 is 0.750 bits per heavy atom. The van der Waals surface area contributed by atoms with Gasteiger partial charge in [-0.3, -0.25) is 0 Å². The first-order chi connectivity index (χ1) is 66.8. The Hall–Kier alpha value is -15.7. The zero-order chi connectivity index (χ0) is 91.8. The van der Waals surface area contributed by atoms with Gasteiger partial charge < -0.3 is 77.1 Å². The summed E-state index contributed by atoms with van der Waals surface area (Å²) in [5, 5.41) is 0. The molecule has 16 aromatic rings. The van der Waals surface area contributed by atoms with Crippen LogP contribution in [0.2, 0.25) is 0 Å². The quantitative estimate of drug-likeness (QED) is 0.0973. The lowest BCUT2D eigenvalue weighted by Crippen LogP contribution is -2.33. The van der Waals surface area contributed by atoms with Crippen molar-refractivity contribution in [1.29, 1.82) is 0 Å². The molecule has 8 aliphatic rings. The molecule has 16 heteroatoms. The van der Waals surface area contributed by atoms with Crippen LogP contribution in [0.25, 0.3) is 11.1 Å². The number of anilines is 8. The molecule has 0 radical (unpaired) electrons. The van der Waals surface area contributed by atoms with Gasteiger partial charge >= 0.3 is 0 Å². The number of benzene rings is 16. The van der Waals surface area contributed by atoms with Gasteiger partial charge in [-0.15, -0.1) is 0 Å². The zero-order valence-corrected chi connectivity index (χ0v) is 77.7. The SMILES string of the molecule is CC(c1ccc2c(c1)CN(c1ccccc1)CO2)c1ccc2c(c1)CN(c1ccccc1)CO2.Cc1ccc(N2COc3ccc(C(C)(C)c4ccc5c(c4)CN(c4ccc(C)cc4)CO5)cc3C2)cc1.c1ccc(N2COc3ccc(-c4ccc5c(c4)CN(c4ccccc4)CO5)cc3C2)cc1.c1ccc2c(c1)CN(c1ccc(Cc3ccc(N4COc5ccccc5C4)cc3)cc1)CO2. The number of rotatable bonds is 15. The molecule has 24 rings (SSSR count). The molecule has 16 aromatic carbocycles. The lowest BCUT2D eigenvalue weighted by atomic mass is 9.77. The summed E-state index contributed by atoms with van der Waals surface area (Å²) in [7, 11) is 0. The highest BCUT2D eigenvalue weighted by Gasteiger charge is 2.32. The van der Waals surface area contributed by atoms with E-state index < -0.39 is 0 Å². The van der Waals surface area contributed by atoms with E-state index in [0.29, 0.717) is 53.8 Å². The molecule has 16 nitrogen and oxygen atoms in total. The third-order valence-electron chi connectivity index (χ3n) is 27.3. The van der Waals surface area contributed by atoms with Crippen molar-refractivity contribution in [3.8, 4) is 57.1 Å². The molecule has 0 spiro atoms.